The second kappa shape index (κ2) is 7.99. The van der Waals surface area contributed by atoms with Gasteiger partial charge >= 0.3 is 0 Å². The Hall–Kier alpha value is -2.58. The number of imidazole rings is 1. The molecule has 5 rings (SSSR count). The molecular weight excluding hydrogens is 564 g/mol. The van der Waals surface area contributed by atoms with E-state index in [0.717, 1.165) is 25.7 Å². The second-order valence-corrected chi connectivity index (χ2v) is 10.4. The number of aryl methyl sites for hydroxylation is 3. The van der Waals surface area contributed by atoms with Gasteiger partial charge in [0, 0.05) is 33.1 Å². The van der Waals surface area contributed by atoms with Gasteiger partial charge < -0.3 is 8.98 Å². The van der Waals surface area contributed by atoms with Crippen LogP contribution in [0.5, 0.6) is 0 Å². The number of Topliss-reactive ketones (excluding diaryl/α,β-unsaturated/α-hetero) is 2. The summed E-state index contributed by atoms with van der Waals surface area (Å²) in [5.74, 6) is -0.150. The Morgan fingerprint density at radius 1 is 1.12 bits per heavy atom. The lowest BCUT2D eigenvalue weighted by Gasteiger charge is -2.15. The van der Waals surface area contributed by atoms with Crippen LogP contribution in [0.2, 0.25) is 0 Å². The molecule has 34 heavy (non-hydrogen) atoms. The molecule has 0 saturated carbocycles. The standard InChI is InChI=1S/C25H20BFIN2O3P/c1-9-5-13-14(6-10(9)2)22(32)15(21(13)31)7-12-8-16-25(33-12)29-24(30(16)4)17-19(27)23(34)11(3)18(26)20(17)28/h5-8H,26,34H2,1-4H3. The summed E-state index contributed by atoms with van der Waals surface area (Å²) in [4.78, 5) is 30.4. The van der Waals surface area contributed by atoms with Gasteiger partial charge in [0.15, 0.2) is 11.6 Å². The average molecular weight is 584 g/mol. The topological polar surface area (TPSA) is 65.1 Å². The first-order valence-corrected chi connectivity index (χ1v) is 12.3. The summed E-state index contributed by atoms with van der Waals surface area (Å²) < 4.78 is 23.7. The van der Waals surface area contributed by atoms with Crippen molar-refractivity contribution in [2.24, 2.45) is 7.05 Å². The number of nitrogens with zero attached hydrogens (tertiary/aromatic N) is 2. The van der Waals surface area contributed by atoms with E-state index >= 15 is 4.39 Å². The molecule has 0 fully saturated rings. The van der Waals surface area contributed by atoms with Crippen LogP contribution < -0.4 is 10.8 Å². The van der Waals surface area contributed by atoms with Crippen molar-refractivity contribution in [3.63, 3.8) is 0 Å². The number of allylic oxidation sites excluding steroid dienone is 1. The molecule has 5 nitrogen and oxygen atoms in total. The van der Waals surface area contributed by atoms with E-state index in [1.165, 1.54) is 6.08 Å². The summed E-state index contributed by atoms with van der Waals surface area (Å²) in [6, 6.07) is 5.24. The molecule has 0 radical (unpaired) electrons. The Morgan fingerprint density at radius 2 is 1.71 bits per heavy atom. The van der Waals surface area contributed by atoms with E-state index in [9.17, 15) is 9.59 Å². The Labute approximate surface area is 212 Å². The number of rotatable bonds is 2. The summed E-state index contributed by atoms with van der Waals surface area (Å²) in [5.41, 5.74) is 6.09. The Balaban J connectivity index is 1.60. The number of aromatic nitrogens is 2. The van der Waals surface area contributed by atoms with Crippen molar-refractivity contribution in [1.82, 2.24) is 9.55 Å². The average Bonchev–Trinajstić information content (AvgIpc) is 3.40. The van der Waals surface area contributed by atoms with E-state index in [4.69, 9.17) is 4.42 Å². The van der Waals surface area contributed by atoms with Crippen molar-refractivity contribution in [2.75, 3.05) is 0 Å². The maximum atomic E-state index is 15.2. The van der Waals surface area contributed by atoms with Gasteiger partial charge in [-0.15, -0.1) is 9.24 Å². The molecule has 1 atom stereocenters. The van der Waals surface area contributed by atoms with Gasteiger partial charge in [0.25, 0.3) is 0 Å². The molecule has 1 unspecified atom stereocenters. The molecule has 1 aliphatic carbocycles. The van der Waals surface area contributed by atoms with Gasteiger partial charge in [-0.1, -0.05) is 5.46 Å². The lowest BCUT2D eigenvalue weighted by atomic mass is 9.89. The van der Waals surface area contributed by atoms with Crippen LogP contribution >= 0.6 is 31.8 Å². The maximum Gasteiger partial charge on any atom is 0.245 e. The Morgan fingerprint density at radius 3 is 2.26 bits per heavy atom. The van der Waals surface area contributed by atoms with Gasteiger partial charge in [-0.05, 0) is 78.3 Å². The summed E-state index contributed by atoms with van der Waals surface area (Å²) in [6.45, 7) is 5.72. The number of ketones is 2. The fraction of sp³-hybridized carbons (Fsp3) is 0.160. The third-order valence-electron chi connectivity index (χ3n) is 6.69. The first-order chi connectivity index (χ1) is 16.0. The molecule has 0 amide bonds. The van der Waals surface area contributed by atoms with E-state index in [0.29, 0.717) is 44.8 Å². The minimum Gasteiger partial charge on any atom is -0.437 e. The molecule has 1 aliphatic rings. The predicted octanol–water partition coefficient (Wildman–Crippen LogP) is 3.72. The van der Waals surface area contributed by atoms with Gasteiger partial charge in [-0.3, -0.25) is 9.59 Å². The van der Waals surface area contributed by atoms with Crippen molar-refractivity contribution in [2.45, 2.75) is 20.8 Å². The summed E-state index contributed by atoms with van der Waals surface area (Å²) in [6.07, 6.45) is 1.47. The molecule has 0 bridgehead atoms. The highest BCUT2D eigenvalue weighted by molar-refractivity contribution is 14.1. The number of carbonyl (C=O) groups is 2. The maximum absolute atomic E-state index is 15.2. The zero-order chi connectivity index (χ0) is 24.6. The summed E-state index contributed by atoms with van der Waals surface area (Å²) in [7, 11) is 6.22. The molecule has 2 heterocycles. The van der Waals surface area contributed by atoms with E-state index < -0.39 is 0 Å². The molecule has 0 N–H and O–H groups in total. The molecule has 0 aliphatic heterocycles. The largest absolute Gasteiger partial charge is 0.437 e. The monoisotopic (exact) mass is 584 g/mol. The van der Waals surface area contributed by atoms with Crippen molar-refractivity contribution in [3.8, 4) is 11.4 Å². The predicted molar refractivity (Wildman–Crippen MR) is 146 cm³/mol. The lowest BCUT2D eigenvalue weighted by Crippen LogP contribution is -2.24. The smallest absolute Gasteiger partial charge is 0.245 e. The van der Waals surface area contributed by atoms with Crippen LogP contribution in [-0.2, 0) is 7.05 Å². The zero-order valence-electron chi connectivity index (χ0n) is 19.3. The van der Waals surface area contributed by atoms with Gasteiger partial charge in [-0.2, -0.15) is 4.98 Å². The van der Waals surface area contributed by atoms with Crippen LogP contribution in [0.3, 0.4) is 0 Å². The van der Waals surface area contributed by atoms with E-state index in [1.807, 2.05) is 28.6 Å². The minimum absolute atomic E-state index is 0.0710. The Bertz CT molecular complexity index is 1560. The van der Waals surface area contributed by atoms with Crippen LogP contribution in [0.4, 0.5) is 4.39 Å². The fourth-order valence-corrected chi connectivity index (χ4v) is 5.54. The van der Waals surface area contributed by atoms with E-state index in [2.05, 4.69) is 36.8 Å². The lowest BCUT2D eigenvalue weighted by molar-refractivity contribution is 0.0990. The minimum atomic E-state index is -0.332. The van der Waals surface area contributed by atoms with Crippen LogP contribution in [0.15, 0.2) is 28.2 Å². The van der Waals surface area contributed by atoms with Crippen LogP contribution in [-0.4, -0.2) is 29.0 Å². The van der Waals surface area contributed by atoms with Gasteiger partial charge in [0.2, 0.25) is 5.71 Å². The molecule has 2 aromatic heterocycles. The van der Waals surface area contributed by atoms with Gasteiger partial charge in [0.05, 0.1) is 11.1 Å². The van der Waals surface area contributed by atoms with Gasteiger partial charge in [0.1, 0.15) is 30.8 Å². The Kier molecular flexibility index (Phi) is 5.45. The number of furan rings is 1. The molecule has 9 heteroatoms. The summed E-state index contributed by atoms with van der Waals surface area (Å²) >= 11 is 2.15. The molecule has 0 saturated heterocycles. The first kappa shape index (κ1) is 23.2. The van der Waals surface area contributed by atoms with E-state index in [1.54, 1.807) is 29.8 Å². The molecular formula is C25H20BFIN2O3P. The number of fused-ring (bicyclic) bond motifs is 2. The van der Waals surface area contributed by atoms with Crippen molar-refractivity contribution >= 4 is 79.3 Å². The highest BCUT2D eigenvalue weighted by Gasteiger charge is 2.34. The number of hydrogen-bond acceptors (Lipinski definition) is 4. The number of halogens is 2. The number of hydrogen-bond donors (Lipinski definition) is 0. The summed E-state index contributed by atoms with van der Waals surface area (Å²) in [5, 5.41) is 0.515. The SMILES string of the molecule is Bc1c(C)c(P)c(F)c(-c2nc3oc(C=C4C(=O)c5cc(C)c(C)cc5C4=O)cc3n2C)c1I. The van der Waals surface area contributed by atoms with E-state index in [-0.39, 0.29) is 23.0 Å². The van der Waals surface area contributed by atoms with Crippen LogP contribution in [0.1, 0.15) is 43.2 Å². The zero-order valence-corrected chi connectivity index (χ0v) is 22.6. The third kappa shape index (κ3) is 3.26. The highest BCUT2D eigenvalue weighted by Crippen LogP contribution is 2.34. The first-order valence-electron chi connectivity index (χ1n) is 10.6. The van der Waals surface area contributed by atoms with Crippen molar-refractivity contribution in [1.29, 1.82) is 0 Å². The number of benzene rings is 2. The quantitative estimate of drug-likeness (QED) is 0.119. The normalized spacial score (nSPS) is 13.3. The molecule has 0 spiro atoms. The van der Waals surface area contributed by atoms with Crippen molar-refractivity contribution in [3.05, 3.63) is 66.7 Å². The van der Waals surface area contributed by atoms with Crippen LogP contribution in [0, 0.1) is 30.2 Å². The second-order valence-electron chi connectivity index (χ2n) is 8.70. The third-order valence-corrected chi connectivity index (χ3v) is 8.73. The van der Waals surface area contributed by atoms with Gasteiger partial charge in [-0.25, -0.2) is 4.39 Å². The fourth-order valence-electron chi connectivity index (χ4n) is 4.29. The van der Waals surface area contributed by atoms with Crippen molar-refractivity contribution < 1.29 is 18.4 Å². The number of carbonyl (C=O) groups excluding carboxylic acids is 2. The molecule has 4 aromatic rings. The molecule has 170 valence electrons. The highest BCUT2D eigenvalue weighted by atomic mass is 127. The van der Waals surface area contributed by atoms with Crippen LogP contribution in [0.25, 0.3) is 28.7 Å². The molecule has 2 aromatic carbocycles.